The number of ether oxygens (including phenoxy) is 1. The van der Waals surface area contributed by atoms with E-state index in [1.54, 1.807) is 0 Å². The van der Waals surface area contributed by atoms with Crippen molar-refractivity contribution in [3.8, 4) is 0 Å². The lowest BCUT2D eigenvalue weighted by Gasteiger charge is -2.23. The molecule has 0 radical (unpaired) electrons. The molecule has 0 aromatic rings. The summed E-state index contributed by atoms with van der Waals surface area (Å²) in [6.45, 7) is 2.51. The second-order valence-corrected chi connectivity index (χ2v) is 3.66. The lowest BCUT2D eigenvalue weighted by atomic mass is 9.98. The minimum absolute atomic E-state index is 0.257. The molecule has 0 heterocycles. The van der Waals surface area contributed by atoms with E-state index in [1.807, 2.05) is 6.92 Å². The fraction of sp³-hybridized carbons (Fsp3) is 1.00. The zero-order valence-corrected chi connectivity index (χ0v) is 7.96. The molecule has 72 valence electrons. The highest BCUT2D eigenvalue weighted by molar-refractivity contribution is 4.65. The fourth-order valence-corrected chi connectivity index (χ4v) is 1.60. The van der Waals surface area contributed by atoms with E-state index in [0.717, 1.165) is 6.42 Å². The van der Waals surface area contributed by atoms with E-state index in [1.165, 1.54) is 32.1 Å². The van der Waals surface area contributed by atoms with Crippen LogP contribution < -0.4 is 0 Å². The van der Waals surface area contributed by atoms with Crippen LogP contribution in [0.3, 0.4) is 0 Å². The second-order valence-electron chi connectivity index (χ2n) is 3.66. The van der Waals surface area contributed by atoms with Crippen LogP contribution in [-0.2, 0) is 4.74 Å². The van der Waals surface area contributed by atoms with E-state index in [2.05, 4.69) is 0 Å². The SMILES string of the molecule is CC[C@H](O)COC1CCCCC1. The van der Waals surface area contributed by atoms with Crippen LogP contribution in [0.25, 0.3) is 0 Å². The normalized spacial score (nSPS) is 22.5. The summed E-state index contributed by atoms with van der Waals surface area (Å²) >= 11 is 0. The molecule has 1 saturated carbocycles. The van der Waals surface area contributed by atoms with Crippen molar-refractivity contribution in [2.24, 2.45) is 0 Å². The van der Waals surface area contributed by atoms with Gasteiger partial charge in [0.2, 0.25) is 0 Å². The van der Waals surface area contributed by atoms with Crippen LogP contribution in [-0.4, -0.2) is 23.9 Å². The summed E-state index contributed by atoms with van der Waals surface area (Å²) in [4.78, 5) is 0. The van der Waals surface area contributed by atoms with Crippen LogP contribution in [0.4, 0.5) is 0 Å². The average Bonchev–Trinajstić information content (AvgIpc) is 2.16. The van der Waals surface area contributed by atoms with Gasteiger partial charge < -0.3 is 9.84 Å². The molecular formula is C10H20O2. The van der Waals surface area contributed by atoms with E-state index in [0.29, 0.717) is 12.7 Å². The molecule has 12 heavy (non-hydrogen) atoms. The molecule has 0 spiro atoms. The minimum Gasteiger partial charge on any atom is -0.391 e. The Bertz CT molecular complexity index is 108. The molecule has 1 rings (SSSR count). The third-order valence-corrected chi connectivity index (χ3v) is 2.55. The minimum atomic E-state index is -0.257. The van der Waals surface area contributed by atoms with Gasteiger partial charge in [-0.3, -0.25) is 0 Å². The maximum Gasteiger partial charge on any atom is 0.0771 e. The first kappa shape index (κ1) is 10.0. The third-order valence-electron chi connectivity index (χ3n) is 2.55. The Hall–Kier alpha value is -0.0800. The Morgan fingerprint density at radius 1 is 1.33 bits per heavy atom. The smallest absolute Gasteiger partial charge is 0.0771 e. The van der Waals surface area contributed by atoms with Gasteiger partial charge in [-0.15, -0.1) is 0 Å². The number of rotatable bonds is 4. The van der Waals surface area contributed by atoms with Crippen molar-refractivity contribution in [2.45, 2.75) is 57.7 Å². The number of hydrogen-bond donors (Lipinski definition) is 1. The summed E-state index contributed by atoms with van der Waals surface area (Å²) < 4.78 is 5.59. The van der Waals surface area contributed by atoms with Crippen LogP contribution in [0.1, 0.15) is 45.4 Å². The molecule has 1 aliphatic rings. The highest BCUT2D eigenvalue weighted by Crippen LogP contribution is 2.20. The molecule has 2 heteroatoms. The quantitative estimate of drug-likeness (QED) is 0.703. The molecule has 0 aromatic carbocycles. The molecule has 1 N–H and O–H groups in total. The van der Waals surface area contributed by atoms with Crippen LogP contribution in [0.15, 0.2) is 0 Å². The van der Waals surface area contributed by atoms with Crippen molar-refractivity contribution in [3.63, 3.8) is 0 Å². The van der Waals surface area contributed by atoms with E-state index < -0.39 is 0 Å². The maximum atomic E-state index is 9.26. The molecule has 1 fully saturated rings. The Morgan fingerprint density at radius 3 is 2.58 bits per heavy atom. The van der Waals surface area contributed by atoms with Gasteiger partial charge in [0.25, 0.3) is 0 Å². The van der Waals surface area contributed by atoms with Crippen LogP contribution in [0, 0.1) is 0 Å². The van der Waals surface area contributed by atoms with E-state index in [9.17, 15) is 5.11 Å². The largest absolute Gasteiger partial charge is 0.391 e. The van der Waals surface area contributed by atoms with Gasteiger partial charge in [0, 0.05) is 0 Å². The van der Waals surface area contributed by atoms with Crippen molar-refractivity contribution < 1.29 is 9.84 Å². The van der Waals surface area contributed by atoms with E-state index in [4.69, 9.17) is 4.74 Å². The molecule has 0 aromatic heterocycles. The summed E-state index contributed by atoms with van der Waals surface area (Å²) in [5.41, 5.74) is 0. The summed E-state index contributed by atoms with van der Waals surface area (Å²) in [7, 11) is 0. The first-order chi connectivity index (χ1) is 5.83. The van der Waals surface area contributed by atoms with Crippen molar-refractivity contribution in [1.82, 2.24) is 0 Å². The molecule has 0 amide bonds. The topological polar surface area (TPSA) is 29.5 Å². The Morgan fingerprint density at radius 2 is 2.00 bits per heavy atom. The van der Waals surface area contributed by atoms with Gasteiger partial charge in [0.1, 0.15) is 0 Å². The van der Waals surface area contributed by atoms with E-state index >= 15 is 0 Å². The van der Waals surface area contributed by atoms with Gasteiger partial charge in [-0.1, -0.05) is 26.2 Å². The lowest BCUT2D eigenvalue weighted by Crippen LogP contribution is -2.22. The zero-order valence-electron chi connectivity index (χ0n) is 7.96. The van der Waals surface area contributed by atoms with Gasteiger partial charge in [-0.25, -0.2) is 0 Å². The Kier molecular flexibility index (Phi) is 4.62. The number of hydrogen-bond acceptors (Lipinski definition) is 2. The highest BCUT2D eigenvalue weighted by Gasteiger charge is 2.14. The van der Waals surface area contributed by atoms with Gasteiger partial charge in [0.05, 0.1) is 18.8 Å². The second kappa shape index (κ2) is 5.55. The van der Waals surface area contributed by atoms with Crippen molar-refractivity contribution in [3.05, 3.63) is 0 Å². The summed E-state index contributed by atoms with van der Waals surface area (Å²) in [5.74, 6) is 0. The van der Waals surface area contributed by atoms with Gasteiger partial charge >= 0.3 is 0 Å². The summed E-state index contributed by atoms with van der Waals surface area (Å²) in [6.07, 6.45) is 7.31. The first-order valence-electron chi connectivity index (χ1n) is 5.12. The summed E-state index contributed by atoms with van der Waals surface area (Å²) in [5, 5.41) is 9.26. The fourth-order valence-electron chi connectivity index (χ4n) is 1.60. The van der Waals surface area contributed by atoms with Crippen LogP contribution >= 0.6 is 0 Å². The van der Waals surface area contributed by atoms with Crippen molar-refractivity contribution in [1.29, 1.82) is 0 Å². The van der Waals surface area contributed by atoms with E-state index in [-0.39, 0.29) is 6.10 Å². The number of aliphatic hydroxyl groups is 1. The zero-order chi connectivity index (χ0) is 8.81. The van der Waals surface area contributed by atoms with Gasteiger partial charge in [0.15, 0.2) is 0 Å². The van der Waals surface area contributed by atoms with Crippen LogP contribution in [0.2, 0.25) is 0 Å². The molecular weight excluding hydrogens is 152 g/mol. The molecule has 0 unspecified atom stereocenters. The Balaban J connectivity index is 2.05. The first-order valence-corrected chi connectivity index (χ1v) is 5.12. The molecule has 1 atom stereocenters. The molecule has 1 aliphatic carbocycles. The van der Waals surface area contributed by atoms with Gasteiger partial charge in [-0.05, 0) is 19.3 Å². The third kappa shape index (κ3) is 3.55. The molecule has 0 saturated heterocycles. The predicted molar refractivity (Wildman–Crippen MR) is 49.1 cm³/mol. The standard InChI is InChI=1S/C10H20O2/c1-2-9(11)8-12-10-6-4-3-5-7-10/h9-11H,2-8H2,1H3/t9-/m0/s1. The van der Waals surface area contributed by atoms with Crippen molar-refractivity contribution in [2.75, 3.05) is 6.61 Å². The Labute approximate surface area is 74.9 Å². The predicted octanol–water partition coefficient (Wildman–Crippen LogP) is 2.11. The summed E-state index contributed by atoms with van der Waals surface area (Å²) in [6, 6.07) is 0. The van der Waals surface area contributed by atoms with Crippen LogP contribution in [0.5, 0.6) is 0 Å². The average molecular weight is 172 g/mol. The lowest BCUT2D eigenvalue weighted by molar-refractivity contribution is -0.0244. The maximum absolute atomic E-state index is 9.26. The number of aliphatic hydroxyl groups excluding tert-OH is 1. The molecule has 2 nitrogen and oxygen atoms in total. The molecule has 0 aliphatic heterocycles. The highest BCUT2D eigenvalue weighted by atomic mass is 16.5. The van der Waals surface area contributed by atoms with Crippen molar-refractivity contribution >= 4 is 0 Å². The molecule has 0 bridgehead atoms. The monoisotopic (exact) mass is 172 g/mol. The van der Waals surface area contributed by atoms with Gasteiger partial charge in [-0.2, -0.15) is 0 Å².